The van der Waals surface area contributed by atoms with Crippen LogP contribution in [0.3, 0.4) is 0 Å². The van der Waals surface area contributed by atoms with Crippen molar-refractivity contribution in [3.63, 3.8) is 0 Å². The van der Waals surface area contributed by atoms with Gasteiger partial charge in [0.1, 0.15) is 6.04 Å². The summed E-state index contributed by atoms with van der Waals surface area (Å²) in [5.74, 6) is -2.59. The molecule has 4 N–H and O–H groups in total. The van der Waals surface area contributed by atoms with E-state index in [4.69, 9.17) is 10.2 Å². The largest absolute Gasteiger partial charge is 0.481 e. The maximum Gasteiger partial charge on any atom is 0.326 e. The molecule has 0 spiro atoms. The summed E-state index contributed by atoms with van der Waals surface area (Å²) in [5, 5.41) is 22.6. The molecule has 1 amide bonds. The number of amides is 1. The van der Waals surface area contributed by atoms with Gasteiger partial charge in [-0.25, -0.2) is 4.79 Å². The van der Waals surface area contributed by atoms with Crippen molar-refractivity contribution in [2.45, 2.75) is 44.7 Å². The molecule has 0 unspecified atom stereocenters. The Kier molecular flexibility index (Phi) is 6.32. The number of carbonyl (C=O) groups is 3. The van der Waals surface area contributed by atoms with Gasteiger partial charge in [0.15, 0.2) is 0 Å². The number of hydrogen-bond donors (Lipinski definition) is 4. The van der Waals surface area contributed by atoms with E-state index in [1.165, 1.54) is 0 Å². The van der Waals surface area contributed by atoms with Crippen molar-refractivity contribution >= 4 is 17.8 Å². The van der Waals surface area contributed by atoms with Crippen LogP contribution in [-0.4, -0.2) is 46.7 Å². The van der Waals surface area contributed by atoms with Crippen molar-refractivity contribution < 1.29 is 24.6 Å². The zero-order valence-corrected chi connectivity index (χ0v) is 10.8. The third kappa shape index (κ3) is 5.62. The van der Waals surface area contributed by atoms with Crippen LogP contribution in [0, 0.1) is 0 Å². The lowest BCUT2D eigenvalue weighted by Crippen LogP contribution is -2.55. The first-order valence-corrected chi connectivity index (χ1v) is 5.65. The summed E-state index contributed by atoms with van der Waals surface area (Å²) in [6, 6.07) is -1.07. The van der Waals surface area contributed by atoms with E-state index in [-0.39, 0.29) is 19.3 Å². The lowest BCUT2D eigenvalue weighted by molar-refractivity contribution is -0.143. The number of hydrogen-bond acceptors (Lipinski definition) is 4. The zero-order chi connectivity index (χ0) is 14.3. The Morgan fingerprint density at radius 3 is 2.17 bits per heavy atom. The summed E-state index contributed by atoms with van der Waals surface area (Å²) in [6.07, 6.45) is 0.175. The van der Waals surface area contributed by atoms with Crippen LogP contribution in [0.5, 0.6) is 0 Å². The fraction of sp³-hybridized carbons (Fsp3) is 0.727. The summed E-state index contributed by atoms with van der Waals surface area (Å²) in [5.41, 5.74) is -0.875. The third-order valence-corrected chi connectivity index (χ3v) is 2.68. The maximum atomic E-state index is 11.8. The van der Waals surface area contributed by atoms with Gasteiger partial charge in [0, 0.05) is 6.42 Å². The van der Waals surface area contributed by atoms with E-state index in [1.54, 1.807) is 20.9 Å². The monoisotopic (exact) mass is 260 g/mol. The van der Waals surface area contributed by atoms with Crippen molar-refractivity contribution in [2.75, 3.05) is 7.05 Å². The average molecular weight is 260 g/mol. The molecule has 0 heterocycles. The highest BCUT2D eigenvalue weighted by molar-refractivity contribution is 5.89. The van der Waals surface area contributed by atoms with Gasteiger partial charge in [-0.1, -0.05) is 0 Å². The third-order valence-electron chi connectivity index (χ3n) is 2.68. The molecule has 0 aromatic rings. The van der Waals surface area contributed by atoms with Crippen molar-refractivity contribution in [1.82, 2.24) is 10.6 Å². The minimum absolute atomic E-state index is 0.0904. The number of aliphatic carboxylic acids is 2. The predicted octanol–water partition coefficient (Wildman–Crippen LogP) is -0.191. The van der Waals surface area contributed by atoms with Crippen molar-refractivity contribution in [2.24, 2.45) is 0 Å². The van der Waals surface area contributed by atoms with Crippen molar-refractivity contribution in [3.8, 4) is 0 Å². The van der Waals surface area contributed by atoms with Crippen LogP contribution >= 0.6 is 0 Å². The summed E-state index contributed by atoms with van der Waals surface area (Å²) in [7, 11) is 1.60. The van der Waals surface area contributed by atoms with Gasteiger partial charge < -0.3 is 20.8 Å². The van der Waals surface area contributed by atoms with Crippen LogP contribution in [0.1, 0.15) is 33.1 Å². The molecule has 104 valence electrons. The standard InChI is InChI=1S/C11H20N2O5/c1-11(2,12-3)10(18)13-7(9(16)17)5-4-6-8(14)15/h7,12H,4-6H2,1-3H3,(H,13,18)(H,14,15)(H,16,17)/t7-/m1/s1. The van der Waals surface area contributed by atoms with Gasteiger partial charge in [-0.2, -0.15) is 0 Å². The van der Waals surface area contributed by atoms with E-state index in [0.29, 0.717) is 0 Å². The second-order valence-electron chi connectivity index (χ2n) is 4.53. The molecule has 0 aromatic carbocycles. The second-order valence-corrected chi connectivity index (χ2v) is 4.53. The highest BCUT2D eigenvalue weighted by atomic mass is 16.4. The first kappa shape index (κ1) is 16.4. The first-order valence-electron chi connectivity index (χ1n) is 5.65. The molecule has 7 nitrogen and oxygen atoms in total. The Bertz CT molecular complexity index is 327. The molecule has 0 fully saturated rings. The van der Waals surface area contributed by atoms with Gasteiger partial charge in [-0.15, -0.1) is 0 Å². The van der Waals surface area contributed by atoms with Crippen LogP contribution in [0.4, 0.5) is 0 Å². The minimum atomic E-state index is -1.17. The highest BCUT2D eigenvalue weighted by Crippen LogP contribution is 2.06. The fourth-order valence-electron chi connectivity index (χ4n) is 1.17. The number of likely N-dealkylation sites (N-methyl/N-ethyl adjacent to an activating group) is 1. The van der Waals surface area contributed by atoms with E-state index in [2.05, 4.69) is 10.6 Å². The lowest BCUT2D eigenvalue weighted by atomic mass is 10.0. The smallest absolute Gasteiger partial charge is 0.326 e. The van der Waals surface area contributed by atoms with Gasteiger partial charge in [-0.05, 0) is 33.7 Å². The average Bonchev–Trinajstić information content (AvgIpc) is 2.26. The van der Waals surface area contributed by atoms with E-state index >= 15 is 0 Å². The zero-order valence-electron chi connectivity index (χ0n) is 10.8. The molecule has 0 aliphatic carbocycles. The Balaban J connectivity index is 4.41. The molecule has 0 aromatic heterocycles. The number of carbonyl (C=O) groups excluding carboxylic acids is 1. The van der Waals surface area contributed by atoms with Gasteiger partial charge in [0.25, 0.3) is 0 Å². The molecule has 0 bridgehead atoms. The summed E-state index contributed by atoms with van der Waals surface area (Å²) >= 11 is 0. The Hall–Kier alpha value is -1.63. The van der Waals surface area contributed by atoms with Crippen LogP contribution in [-0.2, 0) is 14.4 Å². The predicted molar refractivity (Wildman–Crippen MR) is 64.2 cm³/mol. The Labute approximate surface area is 106 Å². The number of carboxylic acids is 2. The van der Waals surface area contributed by atoms with Crippen LogP contribution < -0.4 is 10.6 Å². The molecular weight excluding hydrogens is 240 g/mol. The quantitative estimate of drug-likeness (QED) is 0.480. The van der Waals surface area contributed by atoms with Crippen molar-refractivity contribution in [3.05, 3.63) is 0 Å². The Morgan fingerprint density at radius 2 is 1.78 bits per heavy atom. The van der Waals surface area contributed by atoms with Gasteiger partial charge in [0.2, 0.25) is 5.91 Å². The molecule has 1 atom stereocenters. The summed E-state index contributed by atoms with van der Waals surface area (Å²) in [4.78, 5) is 33.0. The fourth-order valence-corrected chi connectivity index (χ4v) is 1.17. The summed E-state index contributed by atoms with van der Waals surface area (Å²) in [6.45, 7) is 3.25. The molecule has 0 radical (unpaired) electrons. The van der Waals surface area contributed by atoms with Crippen molar-refractivity contribution in [1.29, 1.82) is 0 Å². The van der Waals surface area contributed by atoms with Gasteiger partial charge in [-0.3, -0.25) is 9.59 Å². The molecule has 7 heteroatoms. The van der Waals surface area contributed by atoms with Crippen LogP contribution in [0.2, 0.25) is 0 Å². The highest BCUT2D eigenvalue weighted by Gasteiger charge is 2.29. The normalized spacial score (nSPS) is 12.8. The minimum Gasteiger partial charge on any atom is -0.481 e. The topological polar surface area (TPSA) is 116 Å². The van der Waals surface area contributed by atoms with E-state index < -0.39 is 29.4 Å². The van der Waals surface area contributed by atoms with E-state index in [9.17, 15) is 14.4 Å². The molecule has 0 saturated carbocycles. The van der Waals surface area contributed by atoms with E-state index in [0.717, 1.165) is 0 Å². The lowest BCUT2D eigenvalue weighted by Gasteiger charge is -2.25. The van der Waals surface area contributed by atoms with E-state index in [1.807, 2.05) is 0 Å². The van der Waals surface area contributed by atoms with Crippen LogP contribution in [0.25, 0.3) is 0 Å². The second kappa shape index (κ2) is 6.95. The molecule has 0 aliphatic rings. The molecule has 18 heavy (non-hydrogen) atoms. The molecule has 0 rings (SSSR count). The van der Waals surface area contributed by atoms with Gasteiger partial charge >= 0.3 is 11.9 Å². The van der Waals surface area contributed by atoms with Crippen LogP contribution in [0.15, 0.2) is 0 Å². The summed E-state index contributed by atoms with van der Waals surface area (Å²) < 4.78 is 0. The Morgan fingerprint density at radius 1 is 1.22 bits per heavy atom. The number of nitrogens with one attached hydrogen (secondary N) is 2. The SMILES string of the molecule is CNC(C)(C)C(=O)N[C@H](CCCC(=O)O)C(=O)O. The van der Waals surface area contributed by atoms with Gasteiger partial charge in [0.05, 0.1) is 5.54 Å². The number of carboxylic acid groups (broad SMARTS) is 2. The molecular formula is C11H20N2O5. The maximum absolute atomic E-state index is 11.8. The first-order chi connectivity index (χ1) is 8.20. The molecule has 0 saturated heterocycles. The number of rotatable bonds is 8. The molecule has 0 aliphatic heterocycles.